The third kappa shape index (κ3) is 3.29. The molecule has 0 saturated heterocycles. The van der Waals surface area contributed by atoms with Crippen LogP contribution in [-0.4, -0.2) is 30.5 Å². The number of hydrogen-bond donors (Lipinski definition) is 2. The molecular weight excluding hydrogens is 216 g/mol. The van der Waals surface area contributed by atoms with E-state index in [9.17, 15) is 8.42 Å². The van der Waals surface area contributed by atoms with Crippen LogP contribution in [0.3, 0.4) is 0 Å². The number of aryl methyl sites for hydroxylation is 1. The number of nitrogens with zero attached hydrogens (tertiary/aromatic N) is 2. The van der Waals surface area contributed by atoms with Gasteiger partial charge >= 0.3 is 0 Å². The van der Waals surface area contributed by atoms with E-state index in [2.05, 4.69) is 9.82 Å². The topological polar surface area (TPSA) is 90.0 Å². The molecule has 15 heavy (non-hydrogen) atoms. The molecule has 0 aliphatic heterocycles. The fourth-order valence-corrected chi connectivity index (χ4v) is 1.96. The van der Waals surface area contributed by atoms with Gasteiger partial charge in [0, 0.05) is 31.4 Å². The van der Waals surface area contributed by atoms with Crippen molar-refractivity contribution >= 4 is 10.0 Å². The van der Waals surface area contributed by atoms with Crippen LogP contribution in [0, 0.1) is 6.92 Å². The Morgan fingerprint density at radius 3 is 2.73 bits per heavy atom. The van der Waals surface area contributed by atoms with Crippen LogP contribution in [0.2, 0.25) is 0 Å². The summed E-state index contributed by atoms with van der Waals surface area (Å²) >= 11 is 0. The van der Waals surface area contributed by atoms with Gasteiger partial charge in [0.25, 0.3) is 0 Å². The van der Waals surface area contributed by atoms with Gasteiger partial charge in [0.2, 0.25) is 10.0 Å². The molecule has 1 heterocycles. The van der Waals surface area contributed by atoms with Crippen molar-refractivity contribution in [2.45, 2.75) is 13.5 Å². The van der Waals surface area contributed by atoms with Gasteiger partial charge < -0.3 is 5.73 Å². The standard InChI is InChI=1S/C8H16N4O2S/c1-7-8(5-10-12(7)2)6-11-15(13,14)4-3-9/h5,11H,3-4,6,9H2,1-2H3. The summed E-state index contributed by atoms with van der Waals surface area (Å²) in [5.41, 5.74) is 7.00. The SMILES string of the molecule is Cc1c(CNS(=O)(=O)CCN)cnn1C. The lowest BCUT2D eigenvalue weighted by atomic mass is 10.3. The van der Waals surface area contributed by atoms with Gasteiger partial charge in [0.05, 0.1) is 11.9 Å². The predicted octanol–water partition coefficient (Wildman–Crippen LogP) is -0.893. The minimum atomic E-state index is -3.25. The van der Waals surface area contributed by atoms with Crippen molar-refractivity contribution in [3.8, 4) is 0 Å². The van der Waals surface area contributed by atoms with E-state index < -0.39 is 10.0 Å². The first kappa shape index (κ1) is 12.2. The minimum absolute atomic E-state index is 0.0493. The molecule has 0 amide bonds. The van der Waals surface area contributed by atoms with Gasteiger partial charge in [-0.25, -0.2) is 13.1 Å². The van der Waals surface area contributed by atoms with E-state index in [1.807, 2.05) is 14.0 Å². The van der Waals surface area contributed by atoms with Crippen LogP contribution < -0.4 is 10.5 Å². The second-order valence-electron chi connectivity index (χ2n) is 3.31. The van der Waals surface area contributed by atoms with E-state index in [-0.39, 0.29) is 18.8 Å². The molecule has 7 heteroatoms. The van der Waals surface area contributed by atoms with Crippen molar-refractivity contribution in [2.75, 3.05) is 12.3 Å². The Morgan fingerprint density at radius 1 is 1.60 bits per heavy atom. The number of nitrogens with two attached hydrogens (primary N) is 1. The van der Waals surface area contributed by atoms with Crippen LogP contribution in [0.4, 0.5) is 0 Å². The minimum Gasteiger partial charge on any atom is -0.329 e. The van der Waals surface area contributed by atoms with Crippen molar-refractivity contribution < 1.29 is 8.42 Å². The van der Waals surface area contributed by atoms with Gasteiger partial charge in [-0.3, -0.25) is 4.68 Å². The molecule has 0 unspecified atom stereocenters. The summed E-state index contributed by atoms with van der Waals surface area (Å²) in [6.07, 6.45) is 1.65. The highest BCUT2D eigenvalue weighted by Crippen LogP contribution is 2.05. The van der Waals surface area contributed by atoms with Crippen LogP contribution in [0.1, 0.15) is 11.3 Å². The van der Waals surface area contributed by atoms with Gasteiger partial charge in [-0.05, 0) is 6.92 Å². The maximum atomic E-state index is 11.3. The highest BCUT2D eigenvalue weighted by molar-refractivity contribution is 7.89. The van der Waals surface area contributed by atoms with Crippen LogP contribution >= 0.6 is 0 Å². The summed E-state index contributed by atoms with van der Waals surface area (Å²) in [4.78, 5) is 0. The number of aromatic nitrogens is 2. The fraction of sp³-hybridized carbons (Fsp3) is 0.625. The summed E-state index contributed by atoms with van der Waals surface area (Å²) in [6.45, 7) is 2.28. The van der Waals surface area contributed by atoms with Gasteiger partial charge in [-0.1, -0.05) is 0 Å². The largest absolute Gasteiger partial charge is 0.329 e. The van der Waals surface area contributed by atoms with E-state index in [1.54, 1.807) is 10.9 Å². The van der Waals surface area contributed by atoms with Crippen molar-refractivity contribution in [1.82, 2.24) is 14.5 Å². The molecular formula is C8H16N4O2S. The average Bonchev–Trinajstić information content (AvgIpc) is 2.45. The summed E-state index contributed by atoms with van der Waals surface area (Å²) < 4.78 is 26.8. The Balaban J connectivity index is 2.62. The van der Waals surface area contributed by atoms with E-state index >= 15 is 0 Å². The number of rotatable bonds is 5. The van der Waals surface area contributed by atoms with Crippen LogP contribution in [0.25, 0.3) is 0 Å². The van der Waals surface area contributed by atoms with E-state index in [0.29, 0.717) is 0 Å². The summed E-state index contributed by atoms with van der Waals surface area (Å²) in [5.74, 6) is -0.0493. The number of hydrogen-bond acceptors (Lipinski definition) is 4. The van der Waals surface area contributed by atoms with Crippen molar-refractivity contribution in [3.05, 3.63) is 17.5 Å². The Labute approximate surface area is 89.5 Å². The Morgan fingerprint density at radius 2 is 2.27 bits per heavy atom. The molecule has 0 fully saturated rings. The van der Waals surface area contributed by atoms with E-state index in [0.717, 1.165) is 11.3 Å². The molecule has 0 aliphatic carbocycles. The molecule has 0 spiro atoms. The first-order chi connectivity index (χ1) is 6.96. The zero-order valence-electron chi connectivity index (χ0n) is 8.90. The second kappa shape index (κ2) is 4.73. The zero-order chi connectivity index (χ0) is 11.5. The number of sulfonamides is 1. The Hall–Kier alpha value is -0.920. The van der Waals surface area contributed by atoms with Crippen LogP contribution in [-0.2, 0) is 23.6 Å². The molecule has 0 atom stereocenters. The molecule has 6 nitrogen and oxygen atoms in total. The van der Waals surface area contributed by atoms with E-state index in [1.165, 1.54) is 0 Å². The molecule has 86 valence electrons. The third-order valence-electron chi connectivity index (χ3n) is 2.21. The van der Waals surface area contributed by atoms with Gasteiger partial charge in [-0.2, -0.15) is 5.10 Å². The lowest BCUT2D eigenvalue weighted by Gasteiger charge is -2.04. The molecule has 0 aliphatic rings. The van der Waals surface area contributed by atoms with Gasteiger partial charge in [0.1, 0.15) is 0 Å². The fourth-order valence-electron chi connectivity index (χ4n) is 1.13. The molecule has 1 aromatic rings. The lowest BCUT2D eigenvalue weighted by Crippen LogP contribution is -2.29. The van der Waals surface area contributed by atoms with Crippen molar-refractivity contribution in [3.63, 3.8) is 0 Å². The summed E-state index contributed by atoms with van der Waals surface area (Å²) in [7, 11) is -1.44. The van der Waals surface area contributed by atoms with Crippen molar-refractivity contribution in [2.24, 2.45) is 12.8 Å². The molecule has 0 aromatic carbocycles. The highest BCUT2D eigenvalue weighted by atomic mass is 32.2. The number of nitrogens with one attached hydrogen (secondary N) is 1. The molecule has 0 bridgehead atoms. The van der Waals surface area contributed by atoms with Crippen molar-refractivity contribution in [1.29, 1.82) is 0 Å². The third-order valence-corrected chi connectivity index (χ3v) is 3.56. The maximum absolute atomic E-state index is 11.3. The lowest BCUT2D eigenvalue weighted by molar-refractivity contribution is 0.581. The van der Waals surface area contributed by atoms with Gasteiger partial charge in [-0.15, -0.1) is 0 Å². The quantitative estimate of drug-likeness (QED) is 0.689. The monoisotopic (exact) mass is 232 g/mol. The van der Waals surface area contributed by atoms with Crippen LogP contribution in [0.5, 0.6) is 0 Å². The first-order valence-electron chi connectivity index (χ1n) is 4.61. The first-order valence-corrected chi connectivity index (χ1v) is 6.26. The maximum Gasteiger partial charge on any atom is 0.213 e. The summed E-state index contributed by atoms with van der Waals surface area (Å²) in [5, 5.41) is 4.02. The Kier molecular flexibility index (Phi) is 3.83. The smallest absolute Gasteiger partial charge is 0.213 e. The highest BCUT2D eigenvalue weighted by Gasteiger charge is 2.10. The average molecular weight is 232 g/mol. The summed E-state index contributed by atoms with van der Waals surface area (Å²) in [6, 6.07) is 0. The normalized spacial score (nSPS) is 11.9. The predicted molar refractivity (Wildman–Crippen MR) is 57.6 cm³/mol. The second-order valence-corrected chi connectivity index (χ2v) is 5.23. The molecule has 1 rings (SSSR count). The molecule has 0 radical (unpaired) electrons. The molecule has 3 N–H and O–H groups in total. The van der Waals surface area contributed by atoms with Gasteiger partial charge in [0.15, 0.2) is 0 Å². The van der Waals surface area contributed by atoms with Crippen LogP contribution in [0.15, 0.2) is 6.20 Å². The molecule has 1 aromatic heterocycles. The zero-order valence-corrected chi connectivity index (χ0v) is 9.71. The molecule has 0 saturated carbocycles. The Bertz CT molecular complexity index is 424. The van der Waals surface area contributed by atoms with E-state index in [4.69, 9.17) is 5.73 Å².